The van der Waals surface area contributed by atoms with Gasteiger partial charge in [0.05, 0.1) is 6.61 Å². The first-order chi connectivity index (χ1) is 9.24. The van der Waals surface area contributed by atoms with Gasteiger partial charge in [-0.3, -0.25) is 0 Å². The molecule has 0 aliphatic carbocycles. The Balaban J connectivity index is 2.46. The minimum absolute atomic E-state index is 0.487. The first-order valence-electron chi connectivity index (χ1n) is 6.35. The molecule has 0 fully saturated rings. The molecule has 1 heterocycles. The highest BCUT2D eigenvalue weighted by molar-refractivity contribution is 6.29. The van der Waals surface area contributed by atoms with Gasteiger partial charge in [-0.1, -0.05) is 49.2 Å². The Morgan fingerprint density at radius 3 is 2.74 bits per heavy atom. The van der Waals surface area contributed by atoms with Gasteiger partial charge in [0.25, 0.3) is 0 Å². The first-order valence-corrected chi connectivity index (χ1v) is 6.73. The van der Waals surface area contributed by atoms with E-state index in [2.05, 4.69) is 16.9 Å². The number of ether oxygens (including phenoxy) is 1. The van der Waals surface area contributed by atoms with E-state index in [1.165, 1.54) is 0 Å². The predicted molar refractivity (Wildman–Crippen MR) is 77.2 cm³/mol. The van der Waals surface area contributed by atoms with Crippen molar-refractivity contribution < 1.29 is 4.74 Å². The van der Waals surface area contributed by atoms with Crippen molar-refractivity contribution in [1.82, 2.24) is 9.97 Å². The summed E-state index contributed by atoms with van der Waals surface area (Å²) in [6, 6.07) is 9.79. The van der Waals surface area contributed by atoms with Gasteiger partial charge in [0, 0.05) is 18.4 Å². The Morgan fingerprint density at radius 1 is 1.21 bits per heavy atom. The van der Waals surface area contributed by atoms with Crippen LogP contribution in [0.5, 0.6) is 0 Å². The molecule has 0 aliphatic heterocycles. The number of rotatable bonds is 5. The van der Waals surface area contributed by atoms with E-state index in [9.17, 15) is 0 Å². The number of hydrogen-bond acceptors (Lipinski definition) is 3. The molecular weight excluding hydrogens is 260 g/mol. The van der Waals surface area contributed by atoms with Gasteiger partial charge in [0.15, 0.2) is 5.82 Å². The zero-order valence-electron chi connectivity index (χ0n) is 11.2. The number of benzene rings is 1. The minimum Gasteiger partial charge on any atom is -0.380 e. The van der Waals surface area contributed by atoms with Crippen LogP contribution in [-0.4, -0.2) is 17.1 Å². The third-order valence-electron chi connectivity index (χ3n) is 2.81. The fourth-order valence-corrected chi connectivity index (χ4v) is 2.19. The lowest BCUT2D eigenvalue weighted by Crippen LogP contribution is -1.99. The normalized spacial score (nSPS) is 10.7. The van der Waals surface area contributed by atoms with Crippen LogP contribution in [0.15, 0.2) is 30.3 Å². The van der Waals surface area contributed by atoms with Crippen LogP contribution >= 0.6 is 11.6 Å². The van der Waals surface area contributed by atoms with Crippen molar-refractivity contribution in [2.75, 3.05) is 7.11 Å². The fraction of sp³-hybridized carbons (Fsp3) is 0.333. The molecule has 0 amide bonds. The molecule has 0 N–H and O–H groups in total. The molecule has 0 aliphatic rings. The summed E-state index contributed by atoms with van der Waals surface area (Å²) in [5.41, 5.74) is 3.02. The van der Waals surface area contributed by atoms with E-state index in [4.69, 9.17) is 16.3 Å². The molecule has 1 aromatic heterocycles. The van der Waals surface area contributed by atoms with E-state index in [-0.39, 0.29) is 0 Å². The van der Waals surface area contributed by atoms with Crippen molar-refractivity contribution >= 4 is 11.6 Å². The van der Waals surface area contributed by atoms with Gasteiger partial charge in [-0.15, -0.1) is 0 Å². The third kappa shape index (κ3) is 3.52. The lowest BCUT2D eigenvalue weighted by Gasteiger charge is -2.09. The Bertz CT molecular complexity index is 558. The van der Waals surface area contributed by atoms with Gasteiger partial charge in [-0.2, -0.15) is 0 Å². The molecule has 1 aromatic carbocycles. The molecule has 0 saturated heterocycles. The van der Waals surface area contributed by atoms with Gasteiger partial charge in [-0.05, 0) is 18.1 Å². The molecule has 19 heavy (non-hydrogen) atoms. The molecule has 2 rings (SSSR count). The van der Waals surface area contributed by atoms with Crippen LogP contribution in [-0.2, 0) is 17.8 Å². The van der Waals surface area contributed by atoms with E-state index in [1.807, 2.05) is 30.3 Å². The van der Waals surface area contributed by atoms with Crippen molar-refractivity contribution in [2.24, 2.45) is 0 Å². The maximum atomic E-state index is 6.08. The van der Waals surface area contributed by atoms with Crippen LogP contribution in [0.3, 0.4) is 0 Å². The molecule has 0 radical (unpaired) electrons. The van der Waals surface area contributed by atoms with Crippen molar-refractivity contribution in [3.8, 4) is 11.4 Å². The van der Waals surface area contributed by atoms with Gasteiger partial charge in [0.1, 0.15) is 5.15 Å². The summed E-state index contributed by atoms with van der Waals surface area (Å²) in [5, 5.41) is 0.487. The summed E-state index contributed by atoms with van der Waals surface area (Å²) in [4.78, 5) is 8.91. The molecule has 0 spiro atoms. The second kappa shape index (κ2) is 6.64. The average molecular weight is 277 g/mol. The average Bonchev–Trinajstić information content (AvgIpc) is 2.39. The Hall–Kier alpha value is -1.45. The van der Waals surface area contributed by atoms with E-state index < -0.39 is 0 Å². The Morgan fingerprint density at radius 2 is 2.00 bits per heavy atom. The number of hydrogen-bond donors (Lipinski definition) is 0. The van der Waals surface area contributed by atoms with Crippen LogP contribution in [0.25, 0.3) is 11.4 Å². The second-order valence-corrected chi connectivity index (χ2v) is 4.73. The van der Waals surface area contributed by atoms with Gasteiger partial charge < -0.3 is 4.74 Å². The SMILES string of the molecule is CCCc1cc(Cl)nc(-c2ccccc2COC)n1. The summed E-state index contributed by atoms with van der Waals surface area (Å²) in [6.45, 7) is 2.66. The standard InChI is InChI=1S/C15H17ClN2O/c1-3-6-12-9-14(16)18-15(17-12)13-8-5-4-7-11(13)10-19-2/h4-5,7-9H,3,6,10H2,1-2H3. The molecule has 0 saturated carbocycles. The number of aromatic nitrogens is 2. The highest BCUT2D eigenvalue weighted by atomic mass is 35.5. The molecule has 0 bridgehead atoms. The number of halogens is 1. The monoisotopic (exact) mass is 276 g/mol. The summed E-state index contributed by atoms with van der Waals surface area (Å²) in [5.74, 6) is 0.670. The van der Waals surface area contributed by atoms with Crippen LogP contribution in [0.4, 0.5) is 0 Å². The highest BCUT2D eigenvalue weighted by Gasteiger charge is 2.09. The Kier molecular flexibility index (Phi) is 4.88. The third-order valence-corrected chi connectivity index (χ3v) is 3.01. The maximum absolute atomic E-state index is 6.08. The number of aryl methyl sites for hydroxylation is 1. The summed E-state index contributed by atoms with van der Waals surface area (Å²) in [7, 11) is 1.68. The van der Waals surface area contributed by atoms with Crippen LogP contribution in [0.1, 0.15) is 24.6 Å². The molecular formula is C15H17ClN2O. The second-order valence-electron chi connectivity index (χ2n) is 4.35. The molecule has 4 heteroatoms. The Labute approximate surface area is 118 Å². The minimum atomic E-state index is 0.487. The molecule has 0 unspecified atom stereocenters. The van der Waals surface area contributed by atoms with Crippen LogP contribution < -0.4 is 0 Å². The summed E-state index contributed by atoms with van der Waals surface area (Å²) >= 11 is 6.08. The van der Waals surface area contributed by atoms with E-state index in [1.54, 1.807) is 7.11 Å². The highest BCUT2D eigenvalue weighted by Crippen LogP contribution is 2.23. The molecule has 100 valence electrons. The smallest absolute Gasteiger partial charge is 0.161 e. The molecule has 0 atom stereocenters. The van der Waals surface area contributed by atoms with Crippen molar-refractivity contribution in [2.45, 2.75) is 26.4 Å². The summed E-state index contributed by atoms with van der Waals surface area (Å²) in [6.07, 6.45) is 1.94. The van der Waals surface area contributed by atoms with Crippen molar-refractivity contribution in [3.63, 3.8) is 0 Å². The lowest BCUT2D eigenvalue weighted by atomic mass is 10.1. The number of nitrogens with zero attached hydrogens (tertiary/aromatic N) is 2. The van der Waals surface area contributed by atoms with E-state index >= 15 is 0 Å². The zero-order valence-corrected chi connectivity index (χ0v) is 11.9. The van der Waals surface area contributed by atoms with Crippen molar-refractivity contribution in [3.05, 3.63) is 46.7 Å². The van der Waals surface area contributed by atoms with Crippen molar-refractivity contribution in [1.29, 1.82) is 0 Å². The molecule has 3 nitrogen and oxygen atoms in total. The van der Waals surface area contributed by atoms with Gasteiger partial charge >= 0.3 is 0 Å². The number of methoxy groups -OCH3 is 1. The van der Waals surface area contributed by atoms with E-state index in [0.29, 0.717) is 17.6 Å². The van der Waals surface area contributed by atoms with Crippen LogP contribution in [0, 0.1) is 0 Å². The quantitative estimate of drug-likeness (QED) is 0.777. The van der Waals surface area contributed by atoms with Crippen LogP contribution in [0.2, 0.25) is 5.15 Å². The first kappa shape index (κ1) is 14.0. The topological polar surface area (TPSA) is 35.0 Å². The zero-order chi connectivity index (χ0) is 13.7. The fourth-order valence-electron chi connectivity index (χ4n) is 1.99. The predicted octanol–water partition coefficient (Wildman–Crippen LogP) is 3.90. The van der Waals surface area contributed by atoms with Gasteiger partial charge in [-0.25, -0.2) is 9.97 Å². The maximum Gasteiger partial charge on any atom is 0.161 e. The van der Waals surface area contributed by atoms with Gasteiger partial charge in [0.2, 0.25) is 0 Å². The lowest BCUT2D eigenvalue weighted by molar-refractivity contribution is 0.185. The largest absolute Gasteiger partial charge is 0.380 e. The molecule has 2 aromatic rings. The van der Waals surface area contributed by atoms with E-state index in [0.717, 1.165) is 29.7 Å². The summed E-state index contributed by atoms with van der Waals surface area (Å²) < 4.78 is 5.21.